The van der Waals surface area contributed by atoms with Crippen molar-refractivity contribution in [3.05, 3.63) is 95.8 Å². The molecule has 0 saturated carbocycles. The average Bonchev–Trinajstić information content (AvgIpc) is 3.21. The van der Waals surface area contributed by atoms with Crippen molar-refractivity contribution in [3.8, 4) is 11.4 Å². The van der Waals surface area contributed by atoms with E-state index in [1.54, 1.807) is 30.3 Å². The summed E-state index contributed by atoms with van der Waals surface area (Å²) < 4.78 is 41.6. The molecule has 0 atom stereocenters. The van der Waals surface area contributed by atoms with Crippen LogP contribution in [0.15, 0.2) is 88.9 Å². The highest BCUT2D eigenvalue weighted by atomic mass is 32.2. The molecule has 0 spiro atoms. The largest absolute Gasteiger partial charge is 0.298 e. The van der Waals surface area contributed by atoms with Crippen LogP contribution in [0.2, 0.25) is 0 Å². The van der Waals surface area contributed by atoms with Gasteiger partial charge in [-0.05, 0) is 47.5 Å². The van der Waals surface area contributed by atoms with E-state index in [9.17, 15) is 12.8 Å². The van der Waals surface area contributed by atoms with E-state index in [2.05, 4.69) is 10.2 Å². The molecule has 0 radical (unpaired) electrons. The van der Waals surface area contributed by atoms with Crippen LogP contribution in [0.5, 0.6) is 0 Å². The van der Waals surface area contributed by atoms with E-state index in [0.717, 1.165) is 16.7 Å². The third-order valence-corrected chi connectivity index (χ3v) is 7.90. The Morgan fingerprint density at radius 2 is 1.61 bits per heavy atom. The van der Waals surface area contributed by atoms with E-state index >= 15 is 0 Å². The summed E-state index contributed by atoms with van der Waals surface area (Å²) >= 11 is 1.47. The summed E-state index contributed by atoms with van der Waals surface area (Å²) in [4.78, 5) is 0.253. The van der Waals surface area contributed by atoms with Gasteiger partial charge in [-0.3, -0.25) is 4.57 Å². The molecular formula is C24H23FN4O2S2. The second-order valence-electron chi connectivity index (χ2n) is 7.61. The Morgan fingerprint density at radius 3 is 2.30 bits per heavy atom. The topological polar surface area (TPSA) is 68.1 Å². The van der Waals surface area contributed by atoms with Gasteiger partial charge in [0.2, 0.25) is 10.0 Å². The van der Waals surface area contributed by atoms with Crippen molar-refractivity contribution >= 4 is 21.8 Å². The van der Waals surface area contributed by atoms with Crippen molar-refractivity contribution in [1.82, 2.24) is 19.1 Å². The molecule has 0 fully saturated rings. The normalized spacial score (nSPS) is 11.8. The Morgan fingerprint density at radius 1 is 0.909 bits per heavy atom. The van der Waals surface area contributed by atoms with Crippen molar-refractivity contribution in [3.63, 3.8) is 0 Å². The Labute approximate surface area is 197 Å². The number of nitrogens with zero attached hydrogens (tertiary/aromatic N) is 4. The van der Waals surface area contributed by atoms with E-state index in [4.69, 9.17) is 0 Å². The summed E-state index contributed by atoms with van der Waals surface area (Å²) in [6.07, 6.45) is 0. The fourth-order valence-electron chi connectivity index (χ4n) is 3.27. The van der Waals surface area contributed by atoms with Gasteiger partial charge in [0.05, 0.1) is 11.4 Å². The lowest BCUT2D eigenvalue weighted by Gasteiger charge is -2.13. The fraction of sp³-hybridized carbons (Fsp3) is 0.167. The van der Waals surface area contributed by atoms with Crippen LogP contribution in [0.25, 0.3) is 11.4 Å². The molecule has 6 nitrogen and oxygen atoms in total. The lowest BCUT2D eigenvalue weighted by molar-refractivity contribution is 0.520. The monoisotopic (exact) mass is 482 g/mol. The first kappa shape index (κ1) is 23.2. The molecule has 0 N–H and O–H groups in total. The highest BCUT2D eigenvalue weighted by Crippen LogP contribution is 2.28. The lowest BCUT2D eigenvalue weighted by atomic mass is 10.2. The summed E-state index contributed by atoms with van der Waals surface area (Å²) in [7, 11) is -0.479. The predicted octanol–water partition coefficient (Wildman–Crippen LogP) is 4.68. The maximum absolute atomic E-state index is 13.4. The van der Waals surface area contributed by atoms with E-state index in [1.807, 2.05) is 41.0 Å². The highest BCUT2D eigenvalue weighted by Gasteiger charge is 2.18. The maximum Gasteiger partial charge on any atom is 0.242 e. The van der Waals surface area contributed by atoms with E-state index < -0.39 is 10.0 Å². The van der Waals surface area contributed by atoms with Gasteiger partial charge in [-0.25, -0.2) is 17.1 Å². The smallest absolute Gasteiger partial charge is 0.242 e. The molecule has 3 aromatic carbocycles. The molecule has 1 aromatic heterocycles. The van der Waals surface area contributed by atoms with Crippen LogP contribution in [0.1, 0.15) is 11.1 Å². The highest BCUT2D eigenvalue weighted by molar-refractivity contribution is 7.98. The second-order valence-corrected chi connectivity index (χ2v) is 10.7. The number of sulfonamides is 1. The summed E-state index contributed by atoms with van der Waals surface area (Å²) in [5, 5.41) is 9.45. The van der Waals surface area contributed by atoms with Gasteiger partial charge in [0.1, 0.15) is 5.82 Å². The second kappa shape index (κ2) is 9.86. The number of hydrogen-bond donors (Lipinski definition) is 0. The first-order valence-corrected chi connectivity index (χ1v) is 12.6. The van der Waals surface area contributed by atoms with Crippen molar-refractivity contribution in [2.24, 2.45) is 0 Å². The van der Waals surface area contributed by atoms with Crippen molar-refractivity contribution in [1.29, 1.82) is 0 Å². The van der Waals surface area contributed by atoms with Gasteiger partial charge in [0, 0.05) is 25.4 Å². The van der Waals surface area contributed by atoms with Crippen LogP contribution < -0.4 is 0 Å². The standard InChI is InChI=1S/C24H23FN4O2S2/c1-28(2)33(30,31)22-10-6-9-19(15-22)17-32-24-27-26-23(20-11-13-21(25)14-12-20)29(24)16-18-7-4-3-5-8-18/h3-15H,16-17H2,1-2H3. The molecule has 170 valence electrons. The van der Waals surface area contributed by atoms with Crippen molar-refractivity contribution < 1.29 is 12.8 Å². The summed E-state index contributed by atoms with van der Waals surface area (Å²) in [6.45, 7) is 0.554. The van der Waals surface area contributed by atoms with E-state index in [0.29, 0.717) is 23.3 Å². The Balaban J connectivity index is 1.63. The van der Waals surface area contributed by atoms with Gasteiger partial charge >= 0.3 is 0 Å². The van der Waals surface area contributed by atoms with Crippen LogP contribution >= 0.6 is 11.8 Å². The number of halogens is 1. The van der Waals surface area contributed by atoms with Gasteiger partial charge in [-0.15, -0.1) is 10.2 Å². The summed E-state index contributed by atoms with van der Waals surface area (Å²) in [5.74, 6) is 0.855. The van der Waals surface area contributed by atoms with Gasteiger partial charge in [0.15, 0.2) is 11.0 Å². The van der Waals surface area contributed by atoms with Gasteiger partial charge in [-0.2, -0.15) is 0 Å². The molecule has 0 unspecified atom stereocenters. The van der Waals surface area contributed by atoms with Gasteiger partial charge in [0.25, 0.3) is 0 Å². The minimum absolute atomic E-state index is 0.253. The van der Waals surface area contributed by atoms with Crippen LogP contribution in [-0.4, -0.2) is 41.6 Å². The number of aromatic nitrogens is 3. The molecule has 0 aliphatic rings. The zero-order valence-corrected chi connectivity index (χ0v) is 19.9. The molecule has 4 rings (SSSR count). The molecule has 33 heavy (non-hydrogen) atoms. The molecule has 9 heteroatoms. The molecular weight excluding hydrogens is 459 g/mol. The average molecular weight is 483 g/mol. The van der Waals surface area contributed by atoms with Gasteiger partial charge < -0.3 is 0 Å². The van der Waals surface area contributed by atoms with Crippen molar-refractivity contribution in [2.75, 3.05) is 14.1 Å². The van der Waals surface area contributed by atoms with Crippen molar-refractivity contribution in [2.45, 2.75) is 22.3 Å². The molecule has 0 aliphatic heterocycles. The number of benzene rings is 3. The van der Waals surface area contributed by atoms with E-state index in [1.165, 1.54) is 42.3 Å². The molecule has 0 saturated heterocycles. The molecule has 0 amide bonds. The molecule has 4 aromatic rings. The maximum atomic E-state index is 13.4. The number of thioether (sulfide) groups is 1. The number of rotatable bonds is 8. The zero-order valence-electron chi connectivity index (χ0n) is 18.2. The zero-order chi connectivity index (χ0) is 23.4. The quantitative estimate of drug-likeness (QED) is 0.341. The first-order valence-electron chi connectivity index (χ1n) is 10.2. The van der Waals surface area contributed by atoms with Gasteiger partial charge in [-0.1, -0.05) is 54.2 Å². The molecule has 0 aliphatic carbocycles. The van der Waals surface area contributed by atoms with Crippen LogP contribution in [0.3, 0.4) is 0 Å². The Hall–Kier alpha value is -3.01. The lowest BCUT2D eigenvalue weighted by Crippen LogP contribution is -2.22. The SMILES string of the molecule is CN(C)S(=O)(=O)c1cccc(CSc2nnc(-c3ccc(F)cc3)n2Cc2ccccc2)c1. The van der Waals surface area contributed by atoms with E-state index in [-0.39, 0.29) is 10.7 Å². The fourth-order valence-corrected chi connectivity index (χ4v) is 5.12. The Bertz CT molecular complexity index is 1340. The molecule has 0 bridgehead atoms. The van der Waals surface area contributed by atoms with Crippen LogP contribution in [0.4, 0.5) is 4.39 Å². The first-order chi connectivity index (χ1) is 15.8. The Kier molecular flexibility index (Phi) is 6.92. The van der Waals surface area contributed by atoms with Crippen LogP contribution in [-0.2, 0) is 22.3 Å². The third-order valence-electron chi connectivity index (χ3n) is 5.05. The minimum Gasteiger partial charge on any atom is -0.298 e. The van der Waals surface area contributed by atoms with Crippen LogP contribution in [0, 0.1) is 5.82 Å². The molecule has 1 heterocycles. The number of hydrogen-bond acceptors (Lipinski definition) is 5. The summed E-state index contributed by atoms with van der Waals surface area (Å²) in [5.41, 5.74) is 2.72. The predicted molar refractivity (Wildman–Crippen MR) is 128 cm³/mol. The third kappa shape index (κ3) is 5.32. The minimum atomic E-state index is -3.51. The summed E-state index contributed by atoms with van der Waals surface area (Å²) in [6, 6.07) is 23.0.